The molecule has 4 aromatic rings. The molecule has 0 spiro atoms. The largest absolute Gasteiger partial charge is 0.486 e. The predicted octanol–water partition coefficient (Wildman–Crippen LogP) is 5.85. The van der Waals surface area contributed by atoms with Gasteiger partial charge < -0.3 is 4.74 Å². The van der Waals surface area contributed by atoms with Crippen LogP contribution in [0.25, 0.3) is 10.2 Å². The van der Waals surface area contributed by atoms with Crippen LogP contribution < -0.4 is 4.74 Å². The Bertz CT molecular complexity index is 1080. The molecule has 1 aliphatic rings. The highest BCUT2D eigenvalue weighted by Crippen LogP contribution is 2.34. The Morgan fingerprint density at radius 1 is 1.03 bits per heavy atom. The number of rotatable bonds is 6. The molecular formula is C23H22FN3OS2. The first-order valence-corrected chi connectivity index (χ1v) is 11.8. The van der Waals surface area contributed by atoms with Gasteiger partial charge in [0.2, 0.25) is 0 Å². The first-order valence-electron chi connectivity index (χ1n) is 10.1. The highest BCUT2D eigenvalue weighted by atomic mass is 32.1. The maximum atomic E-state index is 13.0. The zero-order chi connectivity index (χ0) is 20.3. The molecule has 154 valence electrons. The predicted molar refractivity (Wildman–Crippen MR) is 120 cm³/mol. The van der Waals surface area contributed by atoms with E-state index in [0.717, 1.165) is 48.7 Å². The molecule has 0 unspecified atom stereocenters. The molecule has 5 rings (SSSR count). The third-order valence-corrected chi connectivity index (χ3v) is 7.48. The lowest BCUT2D eigenvalue weighted by Crippen LogP contribution is -2.32. The van der Waals surface area contributed by atoms with Gasteiger partial charge >= 0.3 is 0 Å². The molecule has 0 radical (unpaired) electrons. The third-order valence-electron chi connectivity index (χ3n) is 5.41. The second-order valence-electron chi connectivity index (χ2n) is 7.55. The lowest BCUT2D eigenvalue weighted by molar-refractivity contribution is 0.202. The molecule has 0 amide bonds. The van der Waals surface area contributed by atoms with Crippen LogP contribution in [-0.4, -0.2) is 28.0 Å². The summed E-state index contributed by atoms with van der Waals surface area (Å²) in [5.41, 5.74) is 2.22. The number of likely N-dealkylation sites (tertiary alicyclic amines) is 1. The topological polar surface area (TPSA) is 38.2 Å². The summed E-state index contributed by atoms with van der Waals surface area (Å²) >= 11 is 3.46. The summed E-state index contributed by atoms with van der Waals surface area (Å²) < 4.78 is 20.0. The molecule has 7 heteroatoms. The standard InChI is InChI=1S/C23H22FN3OS2/c24-17-5-7-19(8-6-17)28-14-22-25-18(15-29-22)13-27-11-9-16(10-12-27)23-26-20-3-1-2-4-21(20)30-23/h1-8,15-16H,9-14H2. The van der Waals surface area contributed by atoms with E-state index in [2.05, 4.69) is 34.5 Å². The Hall–Kier alpha value is -2.35. The van der Waals surface area contributed by atoms with Crippen molar-refractivity contribution in [1.82, 2.24) is 14.9 Å². The fourth-order valence-electron chi connectivity index (χ4n) is 3.80. The first kappa shape index (κ1) is 19.6. The molecule has 0 N–H and O–H groups in total. The van der Waals surface area contributed by atoms with Crippen molar-refractivity contribution >= 4 is 32.9 Å². The summed E-state index contributed by atoms with van der Waals surface area (Å²) in [6.07, 6.45) is 2.29. The molecular weight excluding hydrogens is 417 g/mol. The molecule has 0 aliphatic carbocycles. The van der Waals surface area contributed by atoms with Crippen molar-refractivity contribution in [1.29, 1.82) is 0 Å². The van der Waals surface area contributed by atoms with Crippen molar-refractivity contribution in [3.63, 3.8) is 0 Å². The Morgan fingerprint density at radius 2 is 1.83 bits per heavy atom. The van der Waals surface area contributed by atoms with Crippen LogP contribution in [-0.2, 0) is 13.2 Å². The Labute approximate surface area is 183 Å². The zero-order valence-electron chi connectivity index (χ0n) is 16.5. The Balaban J connectivity index is 1.13. The van der Waals surface area contributed by atoms with Gasteiger partial charge in [-0.05, 0) is 62.3 Å². The molecule has 0 atom stereocenters. The summed E-state index contributed by atoms with van der Waals surface area (Å²) in [4.78, 5) is 12.0. The lowest BCUT2D eigenvalue weighted by Gasteiger charge is -2.30. The number of thiazole rings is 2. The van der Waals surface area contributed by atoms with Crippen molar-refractivity contribution in [3.05, 3.63) is 75.4 Å². The number of nitrogens with zero attached hydrogens (tertiary/aromatic N) is 3. The number of piperidine rings is 1. The smallest absolute Gasteiger partial charge is 0.140 e. The van der Waals surface area contributed by atoms with Gasteiger partial charge in [-0.1, -0.05) is 12.1 Å². The number of aromatic nitrogens is 2. The summed E-state index contributed by atoms with van der Waals surface area (Å²) in [7, 11) is 0. The van der Waals surface area contributed by atoms with Gasteiger partial charge in [-0.2, -0.15) is 0 Å². The second-order valence-corrected chi connectivity index (χ2v) is 9.55. The van der Waals surface area contributed by atoms with E-state index in [1.807, 2.05) is 11.3 Å². The molecule has 2 aromatic heterocycles. The van der Waals surface area contributed by atoms with E-state index in [1.54, 1.807) is 23.5 Å². The lowest BCUT2D eigenvalue weighted by atomic mass is 9.97. The van der Waals surface area contributed by atoms with E-state index in [4.69, 9.17) is 14.7 Å². The van der Waals surface area contributed by atoms with Crippen LogP contribution in [0, 0.1) is 5.82 Å². The minimum absolute atomic E-state index is 0.259. The summed E-state index contributed by atoms with van der Waals surface area (Å²) in [6, 6.07) is 14.5. The number of ether oxygens (including phenoxy) is 1. The van der Waals surface area contributed by atoms with E-state index in [9.17, 15) is 4.39 Å². The molecule has 2 aromatic carbocycles. The van der Waals surface area contributed by atoms with Crippen molar-refractivity contribution in [2.75, 3.05) is 13.1 Å². The highest BCUT2D eigenvalue weighted by molar-refractivity contribution is 7.18. The molecule has 1 saturated heterocycles. The van der Waals surface area contributed by atoms with Crippen LogP contribution in [0.15, 0.2) is 53.9 Å². The van der Waals surface area contributed by atoms with E-state index in [-0.39, 0.29) is 5.82 Å². The van der Waals surface area contributed by atoms with Crippen LogP contribution in [0.4, 0.5) is 4.39 Å². The van der Waals surface area contributed by atoms with Crippen LogP contribution in [0.5, 0.6) is 5.75 Å². The van der Waals surface area contributed by atoms with Gasteiger partial charge in [0, 0.05) is 17.8 Å². The number of hydrogen-bond donors (Lipinski definition) is 0. The molecule has 1 fully saturated rings. The summed E-state index contributed by atoms with van der Waals surface area (Å²) in [5.74, 6) is 0.963. The first-order chi connectivity index (χ1) is 14.7. The van der Waals surface area contributed by atoms with Crippen molar-refractivity contribution in [2.24, 2.45) is 0 Å². The fourth-order valence-corrected chi connectivity index (χ4v) is 5.63. The quantitative estimate of drug-likeness (QED) is 0.378. The van der Waals surface area contributed by atoms with Gasteiger partial charge in [0.25, 0.3) is 0 Å². The van der Waals surface area contributed by atoms with E-state index in [0.29, 0.717) is 18.3 Å². The molecule has 4 nitrogen and oxygen atoms in total. The normalized spacial score (nSPS) is 15.6. The Kier molecular flexibility index (Phi) is 5.75. The summed E-state index contributed by atoms with van der Waals surface area (Å²) in [6.45, 7) is 3.43. The highest BCUT2D eigenvalue weighted by Gasteiger charge is 2.23. The molecule has 0 saturated carbocycles. The van der Waals surface area contributed by atoms with Gasteiger partial charge in [0.15, 0.2) is 0 Å². The van der Waals surface area contributed by atoms with Crippen LogP contribution in [0.1, 0.15) is 34.5 Å². The number of benzene rings is 2. The van der Waals surface area contributed by atoms with Gasteiger partial charge in [-0.25, -0.2) is 14.4 Å². The van der Waals surface area contributed by atoms with E-state index < -0.39 is 0 Å². The third kappa shape index (κ3) is 4.53. The van der Waals surface area contributed by atoms with Crippen LogP contribution in [0.3, 0.4) is 0 Å². The maximum Gasteiger partial charge on any atom is 0.140 e. The van der Waals surface area contributed by atoms with Gasteiger partial charge in [0.05, 0.1) is 20.9 Å². The number of hydrogen-bond acceptors (Lipinski definition) is 6. The van der Waals surface area contributed by atoms with Gasteiger partial charge in [-0.15, -0.1) is 22.7 Å². The van der Waals surface area contributed by atoms with E-state index in [1.165, 1.54) is 21.8 Å². The number of para-hydroxylation sites is 1. The van der Waals surface area contributed by atoms with Crippen molar-refractivity contribution in [3.8, 4) is 5.75 Å². The van der Waals surface area contributed by atoms with Crippen molar-refractivity contribution < 1.29 is 9.13 Å². The van der Waals surface area contributed by atoms with Gasteiger partial charge in [-0.3, -0.25) is 4.90 Å². The number of halogens is 1. The molecule has 3 heterocycles. The van der Waals surface area contributed by atoms with Crippen molar-refractivity contribution in [2.45, 2.75) is 31.9 Å². The van der Waals surface area contributed by atoms with Crippen LogP contribution >= 0.6 is 22.7 Å². The molecule has 1 aliphatic heterocycles. The second kappa shape index (κ2) is 8.79. The minimum atomic E-state index is -0.259. The maximum absolute atomic E-state index is 13.0. The minimum Gasteiger partial charge on any atom is -0.486 e. The Morgan fingerprint density at radius 3 is 2.63 bits per heavy atom. The zero-order valence-corrected chi connectivity index (χ0v) is 18.1. The molecule has 30 heavy (non-hydrogen) atoms. The SMILES string of the molecule is Fc1ccc(OCc2nc(CN3CCC(c4nc5ccccc5s4)CC3)cs2)cc1. The van der Waals surface area contributed by atoms with Gasteiger partial charge in [0.1, 0.15) is 23.2 Å². The van der Waals surface area contributed by atoms with E-state index >= 15 is 0 Å². The van der Waals surface area contributed by atoms with Crippen LogP contribution in [0.2, 0.25) is 0 Å². The fraction of sp³-hybridized carbons (Fsp3) is 0.304. The monoisotopic (exact) mass is 439 g/mol. The average molecular weight is 440 g/mol. The molecule has 0 bridgehead atoms. The number of fused-ring (bicyclic) bond motifs is 1. The average Bonchev–Trinajstić information content (AvgIpc) is 3.41. The summed E-state index contributed by atoms with van der Waals surface area (Å²) in [5, 5.41) is 4.34.